The smallest absolute Gasteiger partial charge is 0.310 e. The molecule has 2 amide bonds. The molecule has 0 radical (unpaired) electrons. The number of carboxylic acid groups (broad SMARTS) is 1. The second kappa shape index (κ2) is 7.40. The molecule has 2 saturated heterocycles. The summed E-state index contributed by atoms with van der Waals surface area (Å²) in [4.78, 5) is 39.0. The van der Waals surface area contributed by atoms with Crippen molar-refractivity contribution < 1.29 is 24.2 Å². The molecule has 1 aromatic heterocycles. The third-order valence-corrected chi connectivity index (χ3v) is 8.14. The van der Waals surface area contributed by atoms with Crippen LogP contribution in [0, 0.1) is 11.8 Å². The van der Waals surface area contributed by atoms with E-state index in [9.17, 15) is 19.5 Å². The number of carbonyl (C=O) groups is 3. The Balaban J connectivity index is 1.39. The van der Waals surface area contributed by atoms with E-state index in [1.165, 1.54) is 11.3 Å². The summed E-state index contributed by atoms with van der Waals surface area (Å²) in [5.74, 6) is -2.93. The molecular weight excluding hydrogens is 392 g/mol. The minimum absolute atomic E-state index is 0.106. The fourth-order valence-electron chi connectivity index (χ4n) is 5.58. The molecule has 3 heterocycles. The average Bonchev–Trinajstić information content (AvgIpc) is 3.46. The highest BCUT2D eigenvalue weighted by molar-refractivity contribution is 7.17. The predicted molar refractivity (Wildman–Crippen MR) is 107 cm³/mol. The van der Waals surface area contributed by atoms with E-state index in [-0.39, 0.29) is 30.1 Å². The first-order valence-corrected chi connectivity index (χ1v) is 11.5. The highest BCUT2D eigenvalue weighted by atomic mass is 32.1. The van der Waals surface area contributed by atoms with Crippen molar-refractivity contribution in [1.82, 2.24) is 5.32 Å². The maximum Gasteiger partial charge on any atom is 0.310 e. The zero-order chi connectivity index (χ0) is 20.1. The molecule has 1 aromatic rings. The average molecular weight is 419 g/mol. The zero-order valence-electron chi connectivity index (χ0n) is 16.2. The van der Waals surface area contributed by atoms with E-state index in [1.54, 1.807) is 0 Å². The Labute approximate surface area is 173 Å². The van der Waals surface area contributed by atoms with Crippen molar-refractivity contribution in [3.8, 4) is 0 Å². The van der Waals surface area contributed by atoms with Gasteiger partial charge in [-0.05, 0) is 50.5 Å². The van der Waals surface area contributed by atoms with Crippen LogP contribution in [-0.2, 0) is 27.2 Å². The lowest BCUT2D eigenvalue weighted by atomic mass is 9.79. The molecular formula is C21H26N2O5S. The van der Waals surface area contributed by atoms with Gasteiger partial charge >= 0.3 is 5.97 Å². The normalized spacial score (nSPS) is 30.5. The lowest BCUT2D eigenvalue weighted by molar-refractivity contribution is -0.147. The molecule has 2 bridgehead atoms. The first kappa shape index (κ1) is 19.1. The second-order valence-corrected chi connectivity index (χ2v) is 9.79. The van der Waals surface area contributed by atoms with Crippen LogP contribution in [0.5, 0.6) is 0 Å². The molecule has 8 heteroatoms. The van der Waals surface area contributed by atoms with Crippen molar-refractivity contribution in [2.45, 2.75) is 76.0 Å². The van der Waals surface area contributed by atoms with Gasteiger partial charge in [-0.15, -0.1) is 11.3 Å². The standard InChI is InChI=1S/C21H26N2O5S/c24-18(22-10-4-1-2-5-10)15-11-6-3-7-14(11)29-20(15)23-19(25)16-12-8-9-13(28-12)17(16)21(26)27/h10,12-13,16-17H,1-9H2,(H,22,24)(H,23,25)(H,26,27)/t12-,13-,16+,17-/m0/s1. The van der Waals surface area contributed by atoms with Crippen molar-refractivity contribution in [3.63, 3.8) is 0 Å². The zero-order valence-corrected chi connectivity index (χ0v) is 17.1. The van der Waals surface area contributed by atoms with Crippen LogP contribution < -0.4 is 10.6 Å². The van der Waals surface area contributed by atoms with Gasteiger partial charge in [0, 0.05) is 10.9 Å². The van der Waals surface area contributed by atoms with Crippen molar-refractivity contribution >= 4 is 34.1 Å². The Morgan fingerprint density at radius 1 is 0.966 bits per heavy atom. The van der Waals surface area contributed by atoms with Gasteiger partial charge in [0.05, 0.1) is 29.6 Å². The number of aliphatic carboxylic acids is 1. The Morgan fingerprint density at radius 2 is 1.69 bits per heavy atom. The van der Waals surface area contributed by atoms with Crippen molar-refractivity contribution in [1.29, 1.82) is 0 Å². The van der Waals surface area contributed by atoms with E-state index in [0.717, 1.165) is 55.4 Å². The first-order chi connectivity index (χ1) is 14.0. The molecule has 1 saturated carbocycles. The van der Waals surface area contributed by atoms with Gasteiger partial charge in [-0.2, -0.15) is 0 Å². The van der Waals surface area contributed by atoms with Gasteiger partial charge in [-0.3, -0.25) is 14.4 Å². The van der Waals surface area contributed by atoms with E-state index < -0.39 is 17.8 Å². The summed E-state index contributed by atoms with van der Waals surface area (Å²) < 4.78 is 5.73. The number of carbonyl (C=O) groups excluding carboxylic acids is 2. The Kier molecular flexibility index (Phi) is 4.86. The monoisotopic (exact) mass is 418 g/mol. The van der Waals surface area contributed by atoms with Crippen LogP contribution in [0.2, 0.25) is 0 Å². The minimum Gasteiger partial charge on any atom is -0.481 e. The summed E-state index contributed by atoms with van der Waals surface area (Å²) in [5, 5.41) is 16.2. The van der Waals surface area contributed by atoms with Gasteiger partial charge in [0.25, 0.3) is 5.91 Å². The van der Waals surface area contributed by atoms with Crippen LogP contribution in [0.1, 0.15) is 65.7 Å². The van der Waals surface area contributed by atoms with Gasteiger partial charge in [-0.1, -0.05) is 12.8 Å². The van der Waals surface area contributed by atoms with Crippen molar-refractivity contribution in [3.05, 3.63) is 16.0 Å². The molecule has 156 valence electrons. The minimum atomic E-state index is -0.981. The van der Waals surface area contributed by atoms with E-state index in [2.05, 4.69) is 10.6 Å². The number of rotatable bonds is 5. The summed E-state index contributed by atoms with van der Waals surface area (Å²) in [6.07, 6.45) is 7.75. The lowest BCUT2D eigenvalue weighted by Gasteiger charge is -2.24. The summed E-state index contributed by atoms with van der Waals surface area (Å²) in [7, 11) is 0. The molecule has 4 aliphatic rings. The van der Waals surface area contributed by atoms with Gasteiger partial charge < -0.3 is 20.5 Å². The number of aryl methyl sites for hydroxylation is 1. The van der Waals surface area contributed by atoms with E-state index in [4.69, 9.17) is 4.74 Å². The Hall–Kier alpha value is -1.93. The molecule has 2 aliphatic carbocycles. The Bertz CT molecular complexity index is 859. The predicted octanol–water partition coefficient (Wildman–Crippen LogP) is 2.73. The first-order valence-electron chi connectivity index (χ1n) is 10.7. The van der Waals surface area contributed by atoms with E-state index >= 15 is 0 Å². The number of amides is 2. The second-order valence-electron chi connectivity index (χ2n) is 8.69. The quantitative estimate of drug-likeness (QED) is 0.682. The summed E-state index contributed by atoms with van der Waals surface area (Å²) in [5.41, 5.74) is 1.65. The topological polar surface area (TPSA) is 105 Å². The van der Waals surface area contributed by atoms with Gasteiger partial charge in [-0.25, -0.2) is 0 Å². The molecule has 7 nitrogen and oxygen atoms in total. The molecule has 29 heavy (non-hydrogen) atoms. The molecule has 0 aromatic carbocycles. The molecule has 2 aliphatic heterocycles. The SMILES string of the molecule is O=C(NC1CCCC1)c1c(NC(=O)[C@H]2[C@@H](C(=O)O)[C@@H]3CC[C@@H]2O3)sc2c1CCC2. The third-order valence-electron chi connectivity index (χ3n) is 6.94. The van der Waals surface area contributed by atoms with Crippen LogP contribution in [0.4, 0.5) is 5.00 Å². The molecule has 3 fully saturated rings. The lowest BCUT2D eigenvalue weighted by Crippen LogP contribution is -2.41. The van der Waals surface area contributed by atoms with E-state index in [1.807, 2.05) is 0 Å². The molecule has 4 atom stereocenters. The summed E-state index contributed by atoms with van der Waals surface area (Å²) in [6, 6.07) is 0.207. The third kappa shape index (κ3) is 3.26. The van der Waals surface area contributed by atoms with Crippen LogP contribution in [0.25, 0.3) is 0 Å². The van der Waals surface area contributed by atoms with Gasteiger partial charge in [0.2, 0.25) is 5.91 Å². The number of fused-ring (bicyclic) bond motifs is 3. The number of thiophene rings is 1. The highest BCUT2D eigenvalue weighted by Gasteiger charge is 2.55. The number of ether oxygens (including phenoxy) is 1. The number of anilines is 1. The molecule has 0 unspecified atom stereocenters. The number of carboxylic acids is 1. The fraction of sp³-hybridized carbons (Fsp3) is 0.667. The molecule has 0 spiro atoms. The van der Waals surface area contributed by atoms with Crippen molar-refractivity contribution in [2.24, 2.45) is 11.8 Å². The highest BCUT2D eigenvalue weighted by Crippen LogP contribution is 2.45. The largest absolute Gasteiger partial charge is 0.481 e. The summed E-state index contributed by atoms with van der Waals surface area (Å²) >= 11 is 1.47. The Morgan fingerprint density at radius 3 is 2.41 bits per heavy atom. The number of nitrogens with one attached hydrogen (secondary N) is 2. The maximum atomic E-state index is 13.1. The van der Waals surface area contributed by atoms with Gasteiger partial charge in [0.15, 0.2) is 0 Å². The molecule has 5 rings (SSSR count). The van der Waals surface area contributed by atoms with Crippen LogP contribution in [0.15, 0.2) is 0 Å². The fourth-order valence-corrected chi connectivity index (χ4v) is 6.87. The van der Waals surface area contributed by atoms with Crippen LogP contribution in [-0.4, -0.2) is 41.1 Å². The summed E-state index contributed by atoms with van der Waals surface area (Å²) in [6.45, 7) is 0. The van der Waals surface area contributed by atoms with Gasteiger partial charge in [0.1, 0.15) is 5.00 Å². The van der Waals surface area contributed by atoms with Crippen LogP contribution >= 0.6 is 11.3 Å². The van der Waals surface area contributed by atoms with Crippen molar-refractivity contribution in [2.75, 3.05) is 5.32 Å². The van der Waals surface area contributed by atoms with Crippen LogP contribution in [0.3, 0.4) is 0 Å². The van der Waals surface area contributed by atoms with E-state index in [0.29, 0.717) is 23.4 Å². The molecule has 3 N–H and O–H groups in total. The number of hydrogen-bond donors (Lipinski definition) is 3. The number of hydrogen-bond acceptors (Lipinski definition) is 5. The maximum absolute atomic E-state index is 13.1.